The maximum atomic E-state index is 5.88. The molecule has 2 heterocycles. The highest BCUT2D eigenvalue weighted by molar-refractivity contribution is 5.41. The Bertz CT molecular complexity index is 578. The van der Waals surface area contributed by atoms with Crippen LogP contribution in [0.2, 0.25) is 0 Å². The smallest absolute Gasteiger partial charge is 0.137 e. The van der Waals surface area contributed by atoms with Crippen molar-refractivity contribution >= 4 is 0 Å². The molecule has 1 aliphatic heterocycles. The Balaban J connectivity index is 1.52. The molecule has 20 heavy (non-hydrogen) atoms. The number of H-pyrrole nitrogens is 1. The SMILES string of the molecule is CC1(C)Cc2cc(CNCCc3ncn[nH]3)ccc2O1. The second kappa shape index (κ2) is 5.25. The van der Waals surface area contributed by atoms with E-state index < -0.39 is 0 Å². The van der Waals surface area contributed by atoms with Gasteiger partial charge in [0, 0.05) is 25.9 Å². The lowest BCUT2D eigenvalue weighted by Gasteiger charge is -2.16. The Morgan fingerprint density at radius 1 is 1.40 bits per heavy atom. The van der Waals surface area contributed by atoms with Crippen molar-refractivity contribution in [2.75, 3.05) is 6.54 Å². The van der Waals surface area contributed by atoms with Gasteiger partial charge in [0.25, 0.3) is 0 Å². The van der Waals surface area contributed by atoms with Gasteiger partial charge in [0.1, 0.15) is 23.5 Å². The van der Waals surface area contributed by atoms with Gasteiger partial charge in [0.2, 0.25) is 0 Å². The summed E-state index contributed by atoms with van der Waals surface area (Å²) in [5.41, 5.74) is 2.54. The number of nitrogens with one attached hydrogen (secondary N) is 2. The summed E-state index contributed by atoms with van der Waals surface area (Å²) in [7, 11) is 0. The summed E-state index contributed by atoms with van der Waals surface area (Å²) < 4.78 is 5.88. The van der Waals surface area contributed by atoms with Crippen molar-refractivity contribution in [3.8, 4) is 5.75 Å². The van der Waals surface area contributed by atoms with Crippen molar-refractivity contribution in [1.29, 1.82) is 0 Å². The molecule has 0 aliphatic carbocycles. The van der Waals surface area contributed by atoms with Crippen LogP contribution in [0, 0.1) is 0 Å². The number of ether oxygens (including phenoxy) is 1. The van der Waals surface area contributed by atoms with Gasteiger partial charge in [-0.1, -0.05) is 12.1 Å². The van der Waals surface area contributed by atoms with Gasteiger partial charge in [-0.25, -0.2) is 4.98 Å². The van der Waals surface area contributed by atoms with Gasteiger partial charge in [-0.05, 0) is 31.0 Å². The zero-order valence-corrected chi connectivity index (χ0v) is 11.9. The Morgan fingerprint density at radius 2 is 2.30 bits per heavy atom. The summed E-state index contributed by atoms with van der Waals surface area (Å²) in [6, 6.07) is 6.45. The third kappa shape index (κ3) is 2.99. The monoisotopic (exact) mass is 272 g/mol. The predicted octanol–water partition coefficient (Wildman–Crippen LogP) is 1.85. The van der Waals surface area contributed by atoms with Crippen LogP contribution in [0.1, 0.15) is 30.8 Å². The van der Waals surface area contributed by atoms with Gasteiger partial charge in [-0.15, -0.1) is 0 Å². The van der Waals surface area contributed by atoms with Crippen LogP contribution in [0.25, 0.3) is 0 Å². The van der Waals surface area contributed by atoms with E-state index in [4.69, 9.17) is 4.74 Å². The number of aromatic amines is 1. The van der Waals surface area contributed by atoms with Crippen molar-refractivity contribution in [3.63, 3.8) is 0 Å². The minimum atomic E-state index is -0.0688. The van der Waals surface area contributed by atoms with E-state index >= 15 is 0 Å². The first kappa shape index (κ1) is 13.1. The van der Waals surface area contributed by atoms with E-state index in [9.17, 15) is 0 Å². The van der Waals surface area contributed by atoms with Crippen molar-refractivity contribution in [2.45, 2.75) is 38.8 Å². The second-order valence-corrected chi connectivity index (χ2v) is 5.84. The predicted molar refractivity (Wildman–Crippen MR) is 76.6 cm³/mol. The number of aromatic nitrogens is 3. The maximum absolute atomic E-state index is 5.88. The van der Waals surface area contributed by atoms with Crippen LogP contribution in [-0.2, 0) is 19.4 Å². The lowest BCUT2D eigenvalue weighted by Crippen LogP contribution is -2.24. The highest BCUT2D eigenvalue weighted by Crippen LogP contribution is 2.35. The highest BCUT2D eigenvalue weighted by Gasteiger charge is 2.29. The third-order valence-corrected chi connectivity index (χ3v) is 3.46. The molecule has 0 fully saturated rings. The average Bonchev–Trinajstić information content (AvgIpc) is 2.99. The molecule has 3 rings (SSSR count). The van der Waals surface area contributed by atoms with Gasteiger partial charge in [0.15, 0.2) is 0 Å². The summed E-state index contributed by atoms with van der Waals surface area (Å²) in [5, 5.41) is 10.1. The summed E-state index contributed by atoms with van der Waals surface area (Å²) in [4.78, 5) is 4.10. The van der Waals surface area contributed by atoms with Crippen LogP contribution in [0.4, 0.5) is 0 Å². The van der Waals surface area contributed by atoms with Gasteiger partial charge in [-0.3, -0.25) is 5.10 Å². The maximum Gasteiger partial charge on any atom is 0.137 e. The van der Waals surface area contributed by atoms with Crippen LogP contribution in [0.15, 0.2) is 24.5 Å². The van der Waals surface area contributed by atoms with Crippen LogP contribution in [-0.4, -0.2) is 27.3 Å². The molecule has 0 unspecified atom stereocenters. The summed E-state index contributed by atoms with van der Waals surface area (Å²) in [6.07, 6.45) is 3.38. The Morgan fingerprint density at radius 3 is 3.10 bits per heavy atom. The fourth-order valence-corrected chi connectivity index (χ4v) is 2.56. The van der Waals surface area contributed by atoms with Crippen LogP contribution in [0.5, 0.6) is 5.75 Å². The summed E-state index contributed by atoms with van der Waals surface area (Å²) >= 11 is 0. The summed E-state index contributed by atoms with van der Waals surface area (Å²) in [5.74, 6) is 1.95. The van der Waals surface area contributed by atoms with Gasteiger partial charge < -0.3 is 10.1 Å². The molecule has 1 aliphatic rings. The van der Waals surface area contributed by atoms with Crippen LogP contribution in [0.3, 0.4) is 0 Å². The lowest BCUT2D eigenvalue weighted by atomic mass is 10.0. The molecule has 0 bridgehead atoms. The van der Waals surface area contributed by atoms with E-state index in [2.05, 4.69) is 52.5 Å². The first-order valence-corrected chi connectivity index (χ1v) is 6.98. The molecule has 2 N–H and O–H groups in total. The third-order valence-electron chi connectivity index (χ3n) is 3.46. The van der Waals surface area contributed by atoms with Gasteiger partial charge in [0.05, 0.1) is 0 Å². The molecule has 0 amide bonds. The van der Waals surface area contributed by atoms with Crippen molar-refractivity contribution in [1.82, 2.24) is 20.5 Å². The largest absolute Gasteiger partial charge is 0.487 e. The Hall–Kier alpha value is -1.88. The van der Waals surface area contributed by atoms with Crippen molar-refractivity contribution < 1.29 is 4.74 Å². The fourth-order valence-electron chi connectivity index (χ4n) is 2.56. The molecule has 0 saturated heterocycles. The number of hydrogen-bond acceptors (Lipinski definition) is 4. The average molecular weight is 272 g/mol. The number of rotatable bonds is 5. The number of fused-ring (bicyclic) bond motifs is 1. The molecule has 0 saturated carbocycles. The highest BCUT2D eigenvalue weighted by atomic mass is 16.5. The molecule has 0 spiro atoms. The minimum Gasteiger partial charge on any atom is -0.487 e. The fraction of sp³-hybridized carbons (Fsp3) is 0.467. The molecular formula is C15H20N4O. The zero-order valence-electron chi connectivity index (χ0n) is 11.9. The van der Waals surface area contributed by atoms with E-state index in [-0.39, 0.29) is 5.60 Å². The van der Waals surface area contributed by atoms with E-state index in [1.165, 1.54) is 17.5 Å². The molecule has 2 aromatic rings. The van der Waals surface area contributed by atoms with Crippen molar-refractivity contribution in [3.05, 3.63) is 41.5 Å². The number of benzene rings is 1. The topological polar surface area (TPSA) is 62.8 Å². The molecule has 0 radical (unpaired) electrons. The molecule has 1 aromatic carbocycles. The molecule has 0 atom stereocenters. The van der Waals surface area contributed by atoms with Crippen LogP contribution < -0.4 is 10.1 Å². The van der Waals surface area contributed by atoms with E-state index in [1.54, 1.807) is 0 Å². The molecule has 106 valence electrons. The molecule has 5 heteroatoms. The first-order chi connectivity index (χ1) is 9.62. The zero-order chi connectivity index (χ0) is 14.0. The summed E-state index contributed by atoms with van der Waals surface area (Å²) in [6.45, 7) is 6.00. The first-order valence-electron chi connectivity index (χ1n) is 6.98. The van der Waals surface area contributed by atoms with Gasteiger partial charge >= 0.3 is 0 Å². The number of nitrogens with zero attached hydrogens (tertiary/aromatic N) is 2. The van der Waals surface area contributed by atoms with Gasteiger partial charge in [-0.2, -0.15) is 5.10 Å². The minimum absolute atomic E-state index is 0.0688. The Labute approximate surface area is 118 Å². The standard InChI is InChI=1S/C15H20N4O/c1-15(2)8-12-7-11(3-4-13(12)20-15)9-16-6-5-14-17-10-18-19-14/h3-4,7,10,16H,5-6,8-9H2,1-2H3,(H,17,18,19). The van der Waals surface area contributed by atoms with Crippen molar-refractivity contribution in [2.24, 2.45) is 0 Å². The lowest BCUT2D eigenvalue weighted by molar-refractivity contribution is 0.138. The van der Waals surface area contributed by atoms with E-state index in [1.807, 2.05) is 0 Å². The molecule has 1 aromatic heterocycles. The van der Waals surface area contributed by atoms with E-state index in [0.717, 1.165) is 37.5 Å². The molecular weight excluding hydrogens is 252 g/mol. The van der Waals surface area contributed by atoms with Crippen LogP contribution >= 0.6 is 0 Å². The molecule has 5 nitrogen and oxygen atoms in total. The number of hydrogen-bond donors (Lipinski definition) is 2. The van der Waals surface area contributed by atoms with E-state index in [0.29, 0.717) is 0 Å². The quantitative estimate of drug-likeness (QED) is 0.815. The normalized spacial score (nSPS) is 15.9. The second-order valence-electron chi connectivity index (χ2n) is 5.84. The Kier molecular flexibility index (Phi) is 3.44.